The van der Waals surface area contributed by atoms with Crippen molar-refractivity contribution in [1.29, 1.82) is 0 Å². The molecule has 0 bridgehead atoms. The van der Waals surface area contributed by atoms with Gasteiger partial charge in [0.05, 0.1) is 4.90 Å². The summed E-state index contributed by atoms with van der Waals surface area (Å²) in [5.41, 5.74) is 0.487. The van der Waals surface area contributed by atoms with Gasteiger partial charge in [-0.15, -0.1) is 0 Å². The number of benzene rings is 3. The zero-order chi connectivity index (χ0) is 23.8. The predicted octanol–water partition coefficient (Wildman–Crippen LogP) is 4.92. The minimum absolute atomic E-state index is 0.186. The van der Waals surface area contributed by atoms with E-state index < -0.39 is 16.1 Å². The summed E-state index contributed by atoms with van der Waals surface area (Å²) < 4.78 is 38.0. The molecule has 33 heavy (non-hydrogen) atoms. The van der Waals surface area contributed by atoms with Crippen LogP contribution in [0, 0.1) is 0 Å². The number of hydrogen-bond acceptors (Lipinski definition) is 5. The highest BCUT2D eigenvalue weighted by Crippen LogP contribution is 2.24. The number of rotatable bonds is 10. The Labute approximate surface area is 195 Å². The second-order valence-corrected chi connectivity index (χ2v) is 9.19. The molecule has 3 rings (SSSR count). The van der Waals surface area contributed by atoms with Crippen LogP contribution >= 0.6 is 0 Å². The van der Waals surface area contributed by atoms with E-state index in [2.05, 4.69) is 5.32 Å². The van der Waals surface area contributed by atoms with E-state index in [1.807, 2.05) is 30.3 Å². The molecule has 7 nitrogen and oxygen atoms in total. The van der Waals surface area contributed by atoms with Crippen LogP contribution in [-0.2, 0) is 14.8 Å². The molecule has 0 aliphatic carbocycles. The van der Waals surface area contributed by atoms with Crippen molar-refractivity contribution in [2.24, 2.45) is 0 Å². The molecule has 0 heterocycles. The molecule has 1 atom stereocenters. The molecule has 0 spiro atoms. The summed E-state index contributed by atoms with van der Waals surface area (Å²) in [5.74, 6) is 1.57. The van der Waals surface area contributed by atoms with Crippen molar-refractivity contribution in [2.75, 3.05) is 18.4 Å². The second-order valence-electron chi connectivity index (χ2n) is 7.25. The van der Waals surface area contributed by atoms with Gasteiger partial charge in [-0.05, 0) is 67.6 Å². The maximum atomic E-state index is 12.6. The average molecular weight is 469 g/mol. The molecule has 0 aliphatic heterocycles. The predicted molar refractivity (Wildman–Crippen MR) is 128 cm³/mol. The van der Waals surface area contributed by atoms with E-state index in [4.69, 9.17) is 9.47 Å². The lowest BCUT2D eigenvalue weighted by atomic mass is 10.3. The van der Waals surface area contributed by atoms with Gasteiger partial charge in [0.25, 0.3) is 5.91 Å². The molecular formula is C25H28N2O5S. The average Bonchev–Trinajstić information content (AvgIpc) is 2.82. The fraction of sp³-hybridized carbons (Fsp3) is 0.240. The Hall–Kier alpha value is -3.36. The zero-order valence-corrected chi connectivity index (χ0v) is 19.7. The molecule has 1 amide bonds. The molecule has 3 aromatic rings. The van der Waals surface area contributed by atoms with E-state index in [1.165, 1.54) is 16.4 Å². The minimum Gasteiger partial charge on any atom is -0.481 e. The van der Waals surface area contributed by atoms with Crippen molar-refractivity contribution in [2.45, 2.75) is 31.8 Å². The standard InChI is InChI=1S/C25H28N2O5S/c1-4-27(5-2)33(29,30)24-17-11-20(12-18-24)26-25(28)19(3)31-22-13-15-23(16-14-22)32-21-9-7-6-8-10-21/h6-19H,4-5H2,1-3H3,(H,26,28). The van der Waals surface area contributed by atoms with Crippen LogP contribution in [0.2, 0.25) is 0 Å². The summed E-state index contributed by atoms with van der Waals surface area (Å²) in [5, 5.41) is 2.74. The molecule has 8 heteroatoms. The number of amides is 1. The molecule has 3 aromatic carbocycles. The molecule has 174 valence electrons. The highest BCUT2D eigenvalue weighted by Gasteiger charge is 2.21. The van der Waals surface area contributed by atoms with E-state index in [1.54, 1.807) is 57.2 Å². The van der Waals surface area contributed by atoms with E-state index in [9.17, 15) is 13.2 Å². The molecule has 1 N–H and O–H groups in total. The highest BCUT2D eigenvalue weighted by molar-refractivity contribution is 7.89. The fourth-order valence-electron chi connectivity index (χ4n) is 3.14. The Balaban J connectivity index is 1.57. The molecule has 1 unspecified atom stereocenters. The van der Waals surface area contributed by atoms with Crippen LogP contribution in [0.15, 0.2) is 83.8 Å². The second kappa shape index (κ2) is 11.0. The van der Waals surface area contributed by atoms with Crippen LogP contribution < -0.4 is 14.8 Å². The van der Waals surface area contributed by atoms with Crippen LogP contribution in [0.1, 0.15) is 20.8 Å². The van der Waals surface area contributed by atoms with Gasteiger partial charge in [-0.3, -0.25) is 4.79 Å². The van der Waals surface area contributed by atoms with Crippen LogP contribution in [0.5, 0.6) is 17.2 Å². The number of carbonyl (C=O) groups excluding carboxylic acids is 1. The number of para-hydroxylation sites is 1. The van der Waals surface area contributed by atoms with Crippen molar-refractivity contribution in [3.8, 4) is 17.2 Å². The number of carbonyl (C=O) groups is 1. The minimum atomic E-state index is -3.54. The number of anilines is 1. The summed E-state index contributed by atoms with van der Waals surface area (Å²) in [6, 6.07) is 22.5. The Kier molecular flexibility index (Phi) is 8.08. The normalized spacial score (nSPS) is 12.2. The van der Waals surface area contributed by atoms with Gasteiger partial charge in [-0.1, -0.05) is 32.0 Å². The van der Waals surface area contributed by atoms with Gasteiger partial charge in [0, 0.05) is 18.8 Å². The third-order valence-corrected chi connectivity index (χ3v) is 7.01. The monoisotopic (exact) mass is 468 g/mol. The molecule has 0 saturated carbocycles. The van der Waals surface area contributed by atoms with Crippen LogP contribution in [0.4, 0.5) is 5.69 Å². The number of ether oxygens (including phenoxy) is 2. The van der Waals surface area contributed by atoms with Gasteiger partial charge in [-0.25, -0.2) is 8.42 Å². The smallest absolute Gasteiger partial charge is 0.265 e. The Morgan fingerprint density at radius 1 is 0.848 bits per heavy atom. The van der Waals surface area contributed by atoms with Gasteiger partial charge < -0.3 is 14.8 Å². The van der Waals surface area contributed by atoms with Crippen molar-refractivity contribution in [3.63, 3.8) is 0 Å². The van der Waals surface area contributed by atoms with E-state index >= 15 is 0 Å². The third-order valence-electron chi connectivity index (χ3n) is 4.95. The van der Waals surface area contributed by atoms with Crippen molar-refractivity contribution in [3.05, 3.63) is 78.9 Å². The summed E-state index contributed by atoms with van der Waals surface area (Å²) in [7, 11) is -3.54. The first-order chi connectivity index (χ1) is 15.8. The number of sulfonamides is 1. The van der Waals surface area contributed by atoms with Gasteiger partial charge in [0.1, 0.15) is 17.2 Å². The molecule has 0 aliphatic rings. The molecule has 0 radical (unpaired) electrons. The van der Waals surface area contributed by atoms with E-state index in [0.717, 1.165) is 5.75 Å². The van der Waals surface area contributed by atoms with E-state index in [-0.39, 0.29) is 10.8 Å². The molecule has 0 saturated heterocycles. The Morgan fingerprint density at radius 3 is 1.97 bits per heavy atom. The first kappa shape index (κ1) is 24.3. The molecular weight excluding hydrogens is 440 g/mol. The molecule has 0 aromatic heterocycles. The van der Waals surface area contributed by atoms with Gasteiger partial charge in [0.15, 0.2) is 6.10 Å². The van der Waals surface area contributed by atoms with Crippen LogP contribution in [-0.4, -0.2) is 37.8 Å². The number of nitrogens with one attached hydrogen (secondary N) is 1. The lowest BCUT2D eigenvalue weighted by Gasteiger charge is -2.19. The molecule has 0 fully saturated rings. The van der Waals surface area contributed by atoms with Gasteiger partial charge in [-0.2, -0.15) is 4.31 Å². The quantitative estimate of drug-likeness (QED) is 0.457. The zero-order valence-electron chi connectivity index (χ0n) is 18.9. The van der Waals surface area contributed by atoms with Gasteiger partial charge >= 0.3 is 0 Å². The lowest BCUT2D eigenvalue weighted by Crippen LogP contribution is -2.31. The number of nitrogens with zero attached hydrogens (tertiary/aromatic N) is 1. The van der Waals surface area contributed by atoms with Crippen LogP contribution in [0.25, 0.3) is 0 Å². The first-order valence-electron chi connectivity index (χ1n) is 10.7. The largest absolute Gasteiger partial charge is 0.481 e. The number of hydrogen-bond donors (Lipinski definition) is 1. The Morgan fingerprint density at radius 2 is 1.39 bits per heavy atom. The highest BCUT2D eigenvalue weighted by atomic mass is 32.2. The summed E-state index contributed by atoms with van der Waals surface area (Å²) in [4.78, 5) is 12.7. The van der Waals surface area contributed by atoms with Crippen molar-refractivity contribution in [1.82, 2.24) is 4.31 Å². The SMILES string of the molecule is CCN(CC)S(=O)(=O)c1ccc(NC(=O)C(C)Oc2ccc(Oc3ccccc3)cc2)cc1. The summed E-state index contributed by atoms with van der Waals surface area (Å²) >= 11 is 0. The first-order valence-corrected chi connectivity index (χ1v) is 12.2. The fourth-order valence-corrected chi connectivity index (χ4v) is 4.59. The summed E-state index contributed by atoms with van der Waals surface area (Å²) in [6.45, 7) is 6.02. The maximum absolute atomic E-state index is 12.6. The van der Waals surface area contributed by atoms with Gasteiger partial charge in [0.2, 0.25) is 10.0 Å². The topological polar surface area (TPSA) is 84.9 Å². The lowest BCUT2D eigenvalue weighted by molar-refractivity contribution is -0.122. The van der Waals surface area contributed by atoms with E-state index in [0.29, 0.717) is 30.3 Å². The van der Waals surface area contributed by atoms with Crippen LogP contribution in [0.3, 0.4) is 0 Å². The van der Waals surface area contributed by atoms with Crippen molar-refractivity contribution < 1.29 is 22.7 Å². The summed E-state index contributed by atoms with van der Waals surface area (Å²) in [6.07, 6.45) is -0.759. The third kappa shape index (κ3) is 6.34. The van der Waals surface area contributed by atoms with Crippen molar-refractivity contribution >= 4 is 21.6 Å². The maximum Gasteiger partial charge on any atom is 0.265 e. The Bertz CT molecular complexity index is 1140.